The second-order valence-electron chi connectivity index (χ2n) is 3.93. The average molecular weight is 229 g/mol. The van der Waals surface area contributed by atoms with Gasteiger partial charge in [-0.1, -0.05) is 0 Å². The van der Waals surface area contributed by atoms with Crippen LogP contribution in [0, 0.1) is 0 Å². The maximum absolute atomic E-state index is 11.0. The van der Waals surface area contributed by atoms with Gasteiger partial charge in [-0.05, 0) is 0 Å². The number of nitrogens with one attached hydrogen (secondary N) is 1. The number of rotatable bonds is 5. The number of hydrogen-bond donors (Lipinski definition) is 2. The molecule has 1 saturated heterocycles. The minimum absolute atomic E-state index is 0.0490. The maximum Gasteiger partial charge on any atom is 0.317 e. The molecular weight excluding hydrogens is 210 g/mol. The molecule has 1 heterocycles. The molecule has 1 fully saturated rings. The molecule has 0 radical (unpaired) electrons. The number of carbonyl (C=O) groups excluding carboxylic acids is 1. The average Bonchev–Trinajstić information content (AvgIpc) is 2.27. The van der Waals surface area contributed by atoms with Gasteiger partial charge in [0.05, 0.1) is 6.54 Å². The van der Waals surface area contributed by atoms with Crippen molar-refractivity contribution in [3.63, 3.8) is 0 Å². The summed E-state index contributed by atoms with van der Waals surface area (Å²) in [5.41, 5.74) is 0. The van der Waals surface area contributed by atoms with Gasteiger partial charge in [0.15, 0.2) is 0 Å². The summed E-state index contributed by atoms with van der Waals surface area (Å²) in [6, 6.07) is 0. The highest BCUT2D eigenvalue weighted by molar-refractivity contribution is 5.75. The van der Waals surface area contributed by atoms with Crippen LogP contribution in [0.25, 0.3) is 0 Å². The molecule has 2 N–H and O–H groups in total. The molecule has 0 bridgehead atoms. The molecule has 1 aliphatic heterocycles. The quantitative estimate of drug-likeness (QED) is 0.621. The first-order valence-electron chi connectivity index (χ1n) is 5.49. The summed E-state index contributed by atoms with van der Waals surface area (Å²) in [6.07, 6.45) is 0.509. The number of amides is 1. The van der Waals surface area contributed by atoms with Crippen molar-refractivity contribution in [1.82, 2.24) is 15.1 Å². The number of carbonyl (C=O) groups is 2. The fourth-order valence-electron chi connectivity index (χ4n) is 1.75. The highest BCUT2D eigenvalue weighted by Crippen LogP contribution is 2.01. The number of carboxylic acids is 1. The van der Waals surface area contributed by atoms with Crippen LogP contribution in [0.3, 0.4) is 0 Å². The largest absolute Gasteiger partial charge is 0.480 e. The van der Waals surface area contributed by atoms with Crippen LogP contribution in [0.15, 0.2) is 0 Å². The van der Waals surface area contributed by atoms with Crippen molar-refractivity contribution in [2.24, 2.45) is 0 Å². The Balaban J connectivity index is 2.16. The Morgan fingerprint density at radius 2 is 1.75 bits per heavy atom. The number of nitrogens with zero attached hydrogens (tertiary/aromatic N) is 2. The van der Waals surface area contributed by atoms with Gasteiger partial charge in [-0.3, -0.25) is 14.5 Å². The minimum atomic E-state index is -0.779. The van der Waals surface area contributed by atoms with Gasteiger partial charge in [0, 0.05) is 46.2 Å². The van der Waals surface area contributed by atoms with Crippen LogP contribution in [0.1, 0.15) is 6.42 Å². The molecule has 1 amide bonds. The summed E-state index contributed by atoms with van der Waals surface area (Å²) in [7, 11) is 1.63. The predicted molar refractivity (Wildman–Crippen MR) is 59.2 cm³/mol. The fraction of sp³-hybridized carbons (Fsp3) is 0.800. The number of hydrogen-bond acceptors (Lipinski definition) is 4. The van der Waals surface area contributed by atoms with Crippen molar-refractivity contribution < 1.29 is 14.7 Å². The summed E-state index contributed by atoms with van der Waals surface area (Å²) in [6.45, 7) is 4.07. The Morgan fingerprint density at radius 1 is 1.19 bits per heavy atom. The van der Waals surface area contributed by atoms with Crippen LogP contribution >= 0.6 is 0 Å². The van der Waals surface area contributed by atoms with Crippen LogP contribution in [-0.2, 0) is 9.59 Å². The van der Waals surface area contributed by atoms with Crippen molar-refractivity contribution >= 4 is 11.9 Å². The Labute approximate surface area is 95.2 Å². The maximum atomic E-state index is 11.0. The second-order valence-corrected chi connectivity index (χ2v) is 3.93. The summed E-state index contributed by atoms with van der Waals surface area (Å²) < 4.78 is 0. The summed E-state index contributed by atoms with van der Waals surface area (Å²) in [5.74, 6) is -0.730. The van der Waals surface area contributed by atoms with Crippen LogP contribution < -0.4 is 5.32 Å². The van der Waals surface area contributed by atoms with Gasteiger partial charge >= 0.3 is 5.97 Å². The molecule has 0 aromatic carbocycles. The van der Waals surface area contributed by atoms with Gasteiger partial charge in [-0.15, -0.1) is 0 Å². The summed E-state index contributed by atoms with van der Waals surface area (Å²) in [5, 5.41) is 11.2. The Bertz CT molecular complexity index is 250. The van der Waals surface area contributed by atoms with E-state index < -0.39 is 5.97 Å². The first-order valence-corrected chi connectivity index (χ1v) is 5.49. The van der Waals surface area contributed by atoms with Crippen molar-refractivity contribution in [1.29, 1.82) is 0 Å². The zero-order chi connectivity index (χ0) is 12.0. The standard InChI is InChI=1S/C10H19N3O3/c1-11-9(14)2-3-12-4-6-13(7-5-12)8-10(15)16/h2-8H2,1H3,(H,11,14)(H,15,16). The molecule has 0 aromatic heterocycles. The van der Waals surface area contributed by atoms with E-state index in [4.69, 9.17) is 5.11 Å². The van der Waals surface area contributed by atoms with Gasteiger partial charge in [0.1, 0.15) is 0 Å². The number of piperazine rings is 1. The van der Waals surface area contributed by atoms with E-state index in [1.165, 1.54) is 0 Å². The molecule has 1 rings (SSSR count). The molecule has 16 heavy (non-hydrogen) atoms. The summed E-state index contributed by atoms with van der Waals surface area (Å²) >= 11 is 0. The van der Waals surface area contributed by atoms with Gasteiger partial charge in [-0.25, -0.2) is 0 Å². The van der Waals surface area contributed by atoms with Crippen LogP contribution in [0.5, 0.6) is 0 Å². The molecule has 92 valence electrons. The molecule has 0 aliphatic carbocycles. The molecule has 0 unspecified atom stereocenters. The number of aliphatic carboxylic acids is 1. The van der Waals surface area contributed by atoms with E-state index in [9.17, 15) is 9.59 Å². The van der Waals surface area contributed by atoms with Gasteiger partial charge < -0.3 is 15.3 Å². The van der Waals surface area contributed by atoms with E-state index >= 15 is 0 Å². The molecule has 6 heteroatoms. The predicted octanol–water partition coefficient (Wildman–Crippen LogP) is -1.18. The van der Waals surface area contributed by atoms with E-state index in [1.807, 2.05) is 4.90 Å². The third-order valence-electron chi connectivity index (χ3n) is 2.76. The molecule has 0 aromatic rings. The normalized spacial score (nSPS) is 18.3. The zero-order valence-electron chi connectivity index (χ0n) is 9.61. The van der Waals surface area contributed by atoms with E-state index in [2.05, 4.69) is 10.2 Å². The molecule has 1 aliphatic rings. The van der Waals surface area contributed by atoms with Crippen LogP contribution in [-0.4, -0.2) is 73.1 Å². The van der Waals surface area contributed by atoms with Crippen LogP contribution in [0.2, 0.25) is 0 Å². The smallest absolute Gasteiger partial charge is 0.317 e. The first kappa shape index (κ1) is 12.9. The van der Waals surface area contributed by atoms with E-state index in [-0.39, 0.29) is 12.5 Å². The third-order valence-corrected chi connectivity index (χ3v) is 2.76. The van der Waals surface area contributed by atoms with E-state index in [0.29, 0.717) is 6.42 Å². The van der Waals surface area contributed by atoms with Gasteiger partial charge in [-0.2, -0.15) is 0 Å². The lowest BCUT2D eigenvalue weighted by atomic mass is 10.3. The second kappa shape index (κ2) is 6.44. The molecule has 6 nitrogen and oxygen atoms in total. The summed E-state index contributed by atoms with van der Waals surface area (Å²) in [4.78, 5) is 25.6. The Kier molecular flexibility index (Phi) is 5.21. The number of carboxylic acid groups (broad SMARTS) is 1. The van der Waals surface area contributed by atoms with Crippen molar-refractivity contribution in [2.45, 2.75) is 6.42 Å². The molecule has 0 atom stereocenters. The minimum Gasteiger partial charge on any atom is -0.480 e. The lowest BCUT2D eigenvalue weighted by Gasteiger charge is -2.33. The van der Waals surface area contributed by atoms with Gasteiger partial charge in [0.25, 0.3) is 0 Å². The lowest BCUT2D eigenvalue weighted by molar-refractivity contribution is -0.138. The Hall–Kier alpha value is -1.14. The fourth-order valence-corrected chi connectivity index (χ4v) is 1.75. The topological polar surface area (TPSA) is 72.9 Å². The van der Waals surface area contributed by atoms with E-state index in [0.717, 1.165) is 32.7 Å². The van der Waals surface area contributed by atoms with Crippen molar-refractivity contribution in [3.8, 4) is 0 Å². The van der Waals surface area contributed by atoms with Crippen LogP contribution in [0.4, 0.5) is 0 Å². The molecule has 0 saturated carbocycles. The SMILES string of the molecule is CNC(=O)CCN1CCN(CC(=O)O)CC1. The third kappa shape index (κ3) is 4.59. The monoisotopic (exact) mass is 229 g/mol. The highest BCUT2D eigenvalue weighted by atomic mass is 16.4. The molecule has 0 spiro atoms. The zero-order valence-corrected chi connectivity index (χ0v) is 9.61. The highest BCUT2D eigenvalue weighted by Gasteiger charge is 2.18. The van der Waals surface area contributed by atoms with Gasteiger partial charge in [0.2, 0.25) is 5.91 Å². The lowest BCUT2D eigenvalue weighted by Crippen LogP contribution is -2.48. The van der Waals surface area contributed by atoms with E-state index in [1.54, 1.807) is 7.05 Å². The Morgan fingerprint density at radius 3 is 2.25 bits per heavy atom. The van der Waals surface area contributed by atoms with Crippen molar-refractivity contribution in [2.75, 3.05) is 46.3 Å². The molecular formula is C10H19N3O3. The van der Waals surface area contributed by atoms with Crippen molar-refractivity contribution in [3.05, 3.63) is 0 Å². The first-order chi connectivity index (χ1) is 7.61.